The average molecular weight is 263 g/mol. The van der Waals surface area contributed by atoms with Crippen molar-refractivity contribution in [2.24, 2.45) is 0 Å². The maximum atomic E-state index is 5.04. The van der Waals surface area contributed by atoms with Gasteiger partial charge in [-0.3, -0.25) is 0 Å². The molecule has 0 amide bonds. The molecule has 0 heterocycles. The Morgan fingerprint density at radius 2 is 0.857 bits per heavy atom. The van der Waals surface area contributed by atoms with Crippen molar-refractivity contribution in [1.82, 2.24) is 0 Å². The molecule has 0 spiro atoms. The van der Waals surface area contributed by atoms with Gasteiger partial charge in [0, 0.05) is 0 Å². The molecule has 0 unspecified atom stereocenters. The van der Waals surface area contributed by atoms with E-state index in [2.05, 4.69) is 0 Å². The molecule has 0 atom stereocenters. The molecule has 0 aromatic rings. The van der Waals surface area contributed by atoms with Gasteiger partial charge in [-0.2, -0.15) is 0 Å². The van der Waals surface area contributed by atoms with Gasteiger partial charge in [0.2, 0.25) is 0 Å². The zero-order valence-electron chi connectivity index (χ0n) is 4.01. The van der Waals surface area contributed by atoms with E-state index >= 15 is 0 Å². The van der Waals surface area contributed by atoms with Crippen LogP contribution in [0, 0.1) is 0 Å². The molecule has 0 aliphatic carbocycles. The molecule has 46 valence electrons. The summed E-state index contributed by atoms with van der Waals surface area (Å²) in [7, 11) is 20.1. The first-order valence-corrected chi connectivity index (χ1v) is 14.4. The van der Waals surface area contributed by atoms with E-state index in [-0.39, 0.29) is 0 Å². The fourth-order valence-electron chi connectivity index (χ4n) is 0. The van der Waals surface area contributed by atoms with Gasteiger partial charge in [0.1, 0.15) is 0 Å². The van der Waals surface area contributed by atoms with Crippen molar-refractivity contribution in [3.8, 4) is 0 Å². The van der Waals surface area contributed by atoms with Crippen LogP contribution in [-0.4, -0.2) is 0 Å². The van der Waals surface area contributed by atoms with Crippen LogP contribution < -0.4 is 0 Å². The Bertz CT molecular complexity index is 25.2. The summed E-state index contributed by atoms with van der Waals surface area (Å²) < 4.78 is 0. The Kier molecular flexibility index (Phi) is 10.4. The fourth-order valence-corrected chi connectivity index (χ4v) is 0. The van der Waals surface area contributed by atoms with E-state index in [1.54, 1.807) is 0 Å². The fraction of sp³-hybridized carbons (Fsp3) is 1.00. The molecule has 7 heavy (non-hydrogen) atoms. The second-order valence-corrected chi connectivity index (χ2v) is 22.8. The topological polar surface area (TPSA) is 0 Å². The van der Waals surface area contributed by atoms with E-state index in [1.807, 2.05) is 13.8 Å². The van der Waals surface area contributed by atoms with Crippen molar-refractivity contribution >= 4 is 34.1 Å². The van der Waals surface area contributed by atoms with Crippen LogP contribution in [0.4, 0.5) is 0 Å². The standard InChI is InChI=1S/C2H6.4ClH.Zr/c1-2;;;;;/h1-2H3;4*1H;/q;;;;;+4/p-4. The summed E-state index contributed by atoms with van der Waals surface area (Å²) in [6.07, 6.45) is 0. The molecule has 5 heteroatoms. The molecule has 0 saturated carbocycles. The number of hydrogen-bond acceptors (Lipinski definition) is 0. The van der Waals surface area contributed by atoms with Crippen molar-refractivity contribution in [3.05, 3.63) is 0 Å². The molecule has 0 N–H and O–H groups in total. The summed E-state index contributed by atoms with van der Waals surface area (Å²) in [4.78, 5) is 0. The Balaban J connectivity index is 0. The first-order valence-electron chi connectivity index (χ1n) is 1.76. The summed E-state index contributed by atoms with van der Waals surface area (Å²) in [6, 6.07) is 0. The van der Waals surface area contributed by atoms with Crippen LogP contribution in [0.3, 0.4) is 0 Å². The summed E-state index contributed by atoms with van der Waals surface area (Å²) in [5, 5.41) is 0. The van der Waals surface area contributed by atoms with Gasteiger partial charge < -0.3 is 0 Å². The summed E-state index contributed by atoms with van der Waals surface area (Å²) in [6.45, 7) is 4.00. The van der Waals surface area contributed by atoms with Crippen LogP contribution >= 0.6 is 34.1 Å². The van der Waals surface area contributed by atoms with Crippen molar-refractivity contribution in [2.45, 2.75) is 13.8 Å². The Labute approximate surface area is 62.7 Å². The third kappa shape index (κ3) is 70.4. The van der Waals surface area contributed by atoms with Crippen molar-refractivity contribution in [2.75, 3.05) is 0 Å². The van der Waals surface area contributed by atoms with Gasteiger partial charge in [-0.05, 0) is 0 Å². The minimum absolute atomic E-state index is 2.00. The quantitative estimate of drug-likeness (QED) is 0.623. The second kappa shape index (κ2) is 6.17. The summed E-state index contributed by atoms with van der Waals surface area (Å²) >= 11 is -3.29. The Morgan fingerprint density at radius 1 is 0.857 bits per heavy atom. The van der Waals surface area contributed by atoms with Crippen LogP contribution in [0.5, 0.6) is 0 Å². The van der Waals surface area contributed by atoms with Crippen LogP contribution in [0.25, 0.3) is 0 Å². The van der Waals surface area contributed by atoms with E-state index < -0.39 is 15.5 Å². The van der Waals surface area contributed by atoms with Crippen LogP contribution in [-0.2, 0) is 15.5 Å². The number of halogens is 4. The summed E-state index contributed by atoms with van der Waals surface area (Å²) in [5.74, 6) is 0. The third-order valence-corrected chi connectivity index (χ3v) is 0. The molecule has 0 aliphatic heterocycles. The molecule has 0 radical (unpaired) electrons. The van der Waals surface area contributed by atoms with E-state index in [4.69, 9.17) is 34.1 Å². The molecule has 0 aromatic heterocycles. The van der Waals surface area contributed by atoms with E-state index in [0.717, 1.165) is 0 Å². The van der Waals surface area contributed by atoms with Gasteiger partial charge in [0.15, 0.2) is 0 Å². The molecule has 0 fully saturated rings. The number of hydrogen-bond donors (Lipinski definition) is 0. The Hall–Kier alpha value is 2.04. The predicted molar refractivity (Wildman–Crippen MR) is 34.8 cm³/mol. The van der Waals surface area contributed by atoms with E-state index in [0.29, 0.717) is 0 Å². The van der Waals surface area contributed by atoms with Crippen molar-refractivity contribution < 1.29 is 15.5 Å². The minimum atomic E-state index is -3.29. The maximum absolute atomic E-state index is 5.04. The molecule has 0 saturated heterocycles. The molecule has 0 bridgehead atoms. The summed E-state index contributed by atoms with van der Waals surface area (Å²) in [5.41, 5.74) is 0. The number of rotatable bonds is 0. The van der Waals surface area contributed by atoms with Crippen LogP contribution in [0.1, 0.15) is 13.8 Å². The van der Waals surface area contributed by atoms with Crippen LogP contribution in [0.2, 0.25) is 0 Å². The first-order chi connectivity index (χ1) is 3.00. The second-order valence-electron chi connectivity index (χ2n) is 0.429. The zero-order chi connectivity index (χ0) is 6.50. The van der Waals surface area contributed by atoms with E-state index in [9.17, 15) is 0 Å². The third-order valence-electron chi connectivity index (χ3n) is 0. The Morgan fingerprint density at radius 3 is 0.857 bits per heavy atom. The average Bonchev–Trinajstić information content (AvgIpc) is 1.36. The first kappa shape index (κ1) is 11.8. The van der Waals surface area contributed by atoms with Gasteiger partial charge in [0.05, 0.1) is 0 Å². The van der Waals surface area contributed by atoms with E-state index in [1.165, 1.54) is 0 Å². The zero-order valence-corrected chi connectivity index (χ0v) is 9.49. The molecule has 0 aliphatic rings. The van der Waals surface area contributed by atoms with Crippen molar-refractivity contribution in [3.63, 3.8) is 0 Å². The molecule has 0 aromatic carbocycles. The van der Waals surface area contributed by atoms with Gasteiger partial charge in [-0.1, -0.05) is 13.8 Å². The predicted octanol–water partition coefficient (Wildman–Crippen LogP) is 3.78. The van der Waals surface area contributed by atoms with Gasteiger partial charge >= 0.3 is 49.5 Å². The van der Waals surface area contributed by atoms with Gasteiger partial charge in [-0.25, -0.2) is 0 Å². The monoisotopic (exact) mass is 260 g/mol. The van der Waals surface area contributed by atoms with Crippen LogP contribution in [0.15, 0.2) is 0 Å². The normalized spacial score (nSPS) is 9.43. The molecule has 0 nitrogen and oxygen atoms in total. The molecular formula is C2H6Cl4Zr. The molecular weight excluding hydrogens is 257 g/mol. The SMILES string of the molecule is CC.[Cl][Zr]([Cl])([Cl])[Cl]. The van der Waals surface area contributed by atoms with Crippen molar-refractivity contribution in [1.29, 1.82) is 0 Å². The van der Waals surface area contributed by atoms with Gasteiger partial charge in [0.25, 0.3) is 0 Å². The molecule has 0 rings (SSSR count). The van der Waals surface area contributed by atoms with Gasteiger partial charge in [-0.15, -0.1) is 0 Å².